The Kier molecular flexibility index (Phi) is 6.50. The van der Waals surface area contributed by atoms with E-state index in [1.807, 2.05) is 32.9 Å². The predicted octanol–water partition coefficient (Wildman–Crippen LogP) is 3.59. The van der Waals surface area contributed by atoms with Crippen molar-refractivity contribution in [3.05, 3.63) is 62.8 Å². The lowest BCUT2D eigenvalue weighted by Crippen LogP contribution is -2.20. The number of aryl methyl sites for hydroxylation is 5. The van der Waals surface area contributed by atoms with E-state index < -0.39 is 15.1 Å². The van der Waals surface area contributed by atoms with E-state index in [0.717, 1.165) is 16.7 Å². The van der Waals surface area contributed by atoms with E-state index in [0.29, 0.717) is 16.9 Å². The predicted molar refractivity (Wildman–Crippen MR) is 124 cm³/mol. The molecule has 0 aliphatic rings. The van der Waals surface area contributed by atoms with Crippen molar-refractivity contribution in [2.45, 2.75) is 52.5 Å². The summed E-state index contributed by atoms with van der Waals surface area (Å²) in [6.45, 7) is 10.8. The lowest BCUT2D eigenvalue weighted by Gasteiger charge is -2.14. The van der Waals surface area contributed by atoms with Gasteiger partial charge in [-0.15, -0.1) is 0 Å². The molecular weight excluding hydrogens is 428 g/mol. The largest absolute Gasteiger partial charge is 0.424 e. The fourth-order valence-electron chi connectivity index (χ4n) is 3.40. The highest BCUT2D eigenvalue weighted by molar-refractivity contribution is 7.91. The molecule has 0 aliphatic carbocycles. The first kappa shape index (κ1) is 23.6. The molecule has 0 aliphatic heterocycles. The van der Waals surface area contributed by atoms with E-state index in [1.54, 1.807) is 40.1 Å². The van der Waals surface area contributed by atoms with Crippen molar-refractivity contribution >= 4 is 9.84 Å². The first-order valence-electron chi connectivity index (χ1n) is 10.3. The fourth-order valence-corrected chi connectivity index (χ4v) is 4.23. The van der Waals surface area contributed by atoms with Gasteiger partial charge in [0.1, 0.15) is 11.5 Å². The minimum atomic E-state index is -3.45. The Hall–Kier alpha value is -3.07. The van der Waals surface area contributed by atoms with E-state index in [2.05, 4.69) is 15.0 Å². The van der Waals surface area contributed by atoms with Crippen LogP contribution in [-0.2, 0) is 22.6 Å². The first-order valence-corrected chi connectivity index (χ1v) is 12.0. The fraction of sp³-hybridized carbons (Fsp3) is 0.391. The number of hydrogen-bond acceptors (Lipinski definition) is 7. The molecule has 32 heavy (non-hydrogen) atoms. The summed E-state index contributed by atoms with van der Waals surface area (Å²) in [5, 5.41) is -0.575. The maximum Gasteiger partial charge on any atom is 0.325 e. The Morgan fingerprint density at radius 2 is 1.59 bits per heavy atom. The molecule has 0 spiro atoms. The molecule has 2 heterocycles. The molecule has 8 nitrogen and oxygen atoms in total. The van der Waals surface area contributed by atoms with Crippen molar-refractivity contribution < 1.29 is 13.2 Å². The van der Waals surface area contributed by atoms with Gasteiger partial charge in [-0.3, -0.25) is 4.79 Å². The second-order valence-corrected chi connectivity index (χ2v) is 10.9. The quantitative estimate of drug-likeness (QED) is 0.558. The second-order valence-electron chi connectivity index (χ2n) is 8.37. The Morgan fingerprint density at radius 1 is 0.969 bits per heavy atom. The van der Waals surface area contributed by atoms with Crippen LogP contribution in [0.25, 0.3) is 11.4 Å². The maximum absolute atomic E-state index is 12.5. The minimum absolute atomic E-state index is 0.00511. The van der Waals surface area contributed by atoms with Crippen molar-refractivity contribution in [2.75, 3.05) is 0 Å². The summed E-state index contributed by atoms with van der Waals surface area (Å²) in [6, 6.07) is 5.66. The number of nitrogens with zero attached hydrogens (tertiary/aromatic N) is 4. The third-order valence-corrected chi connectivity index (χ3v) is 7.23. The maximum atomic E-state index is 12.5. The van der Waals surface area contributed by atoms with Gasteiger partial charge in [-0.2, -0.15) is 9.97 Å². The first-order chi connectivity index (χ1) is 14.9. The zero-order chi connectivity index (χ0) is 23.8. The van der Waals surface area contributed by atoms with Crippen molar-refractivity contribution in [2.24, 2.45) is 7.05 Å². The van der Waals surface area contributed by atoms with Gasteiger partial charge in [0.05, 0.1) is 5.25 Å². The highest BCUT2D eigenvalue weighted by atomic mass is 32.2. The molecule has 0 N–H and O–H groups in total. The van der Waals surface area contributed by atoms with E-state index in [1.165, 1.54) is 4.57 Å². The van der Waals surface area contributed by atoms with Crippen molar-refractivity contribution in [1.82, 2.24) is 19.5 Å². The summed E-state index contributed by atoms with van der Waals surface area (Å²) < 4.78 is 32.5. The average Bonchev–Trinajstić information content (AvgIpc) is 2.67. The molecule has 1 aromatic carbocycles. The highest BCUT2D eigenvalue weighted by Crippen LogP contribution is 2.29. The van der Waals surface area contributed by atoms with Crippen molar-refractivity contribution in [1.29, 1.82) is 0 Å². The molecule has 2 aromatic heterocycles. The van der Waals surface area contributed by atoms with Gasteiger partial charge in [-0.25, -0.2) is 13.4 Å². The topological polar surface area (TPSA) is 104 Å². The molecule has 0 radical (unpaired) electrons. The number of rotatable bonds is 6. The van der Waals surface area contributed by atoms with Crippen LogP contribution < -0.4 is 10.3 Å². The Morgan fingerprint density at radius 3 is 2.16 bits per heavy atom. The van der Waals surface area contributed by atoms with Gasteiger partial charge in [0.25, 0.3) is 5.56 Å². The van der Waals surface area contributed by atoms with Gasteiger partial charge >= 0.3 is 6.01 Å². The second kappa shape index (κ2) is 8.82. The summed E-state index contributed by atoms with van der Waals surface area (Å²) in [4.78, 5) is 25.2. The summed E-state index contributed by atoms with van der Waals surface area (Å²) >= 11 is 0. The molecule has 0 atom stereocenters. The molecule has 3 rings (SSSR count). The molecule has 0 saturated carbocycles. The Balaban J connectivity index is 2.16. The van der Waals surface area contributed by atoms with E-state index in [9.17, 15) is 13.2 Å². The van der Waals surface area contributed by atoms with Gasteiger partial charge in [0.15, 0.2) is 21.5 Å². The van der Waals surface area contributed by atoms with Gasteiger partial charge < -0.3 is 9.30 Å². The normalized spacial score (nSPS) is 11.8. The standard InChI is InChI=1S/C23H28N4O4S/c1-13(2)32(29,30)12-19-24-21(18-10-17(6)22(28)27(7)11-18)26-23(25-19)31-20-15(4)8-14(3)9-16(20)5/h8-11,13H,12H2,1-7H3. The SMILES string of the molecule is Cc1cc(C)c(Oc2nc(CS(=O)(=O)C(C)C)nc(-c3cc(C)c(=O)n(C)c3)n2)c(C)c1. The summed E-state index contributed by atoms with van der Waals surface area (Å²) in [5.41, 5.74) is 3.89. The number of hydrogen-bond donors (Lipinski definition) is 0. The monoisotopic (exact) mass is 456 g/mol. The lowest BCUT2D eigenvalue weighted by atomic mass is 10.1. The number of benzene rings is 1. The zero-order valence-electron chi connectivity index (χ0n) is 19.4. The van der Waals surface area contributed by atoms with Crippen molar-refractivity contribution in [3.63, 3.8) is 0 Å². The summed E-state index contributed by atoms with van der Waals surface area (Å²) in [6.07, 6.45) is 1.61. The van der Waals surface area contributed by atoms with Crippen LogP contribution in [0.15, 0.2) is 29.2 Å². The molecule has 0 bridgehead atoms. The van der Waals surface area contributed by atoms with Crippen LogP contribution in [0.4, 0.5) is 0 Å². The van der Waals surface area contributed by atoms with E-state index in [-0.39, 0.29) is 29.0 Å². The van der Waals surface area contributed by atoms with Crippen LogP contribution in [0, 0.1) is 27.7 Å². The van der Waals surface area contributed by atoms with Crippen LogP contribution in [0.1, 0.15) is 41.9 Å². The number of ether oxygens (including phenoxy) is 1. The van der Waals surface area contributed by atoms with Crippen LogP contribution in [0.2, 0.25) is 0 Å². The van der Waals surface area contributed by atoms with Crippen LogP contribution in [0.3, 0.4) is 0 Å². The average molecular weight is 457 g/mol. The Bertz CT molecular complexity index is 1300. The summed E-state index contributed by atoms with van der Waals surface area (Å²) in [5.74, 6) is 0.604. The van der Waals surface area contributed by atoms with Crippen molar-refractivity contribution in [3.8, 4) is 23.1 Å². The third-order valence-electron chi connectivity index (χ3n) is 5.13. The molecule has 3 aromatic rings. The molecule has 9 heteroatoms. The van der Waals surface area contributed by atoms with Crippen LogP contribution >= 0.6 is 0 Å². The van der Waals surface area contributed by atoms with Gasteiger partial charge in [0.2, 0.25) is 0 Å². The Labute approximate surface area is 188 Å². The molecule has 170 valence electrons. The van der Waals surface area contributed by atoms with Gasteiger partial charge in [-0.1, -0.05) is 17.7 Å². The molecular formula is C23H28N4O4S. The van der Waals surface area contributed by atoms with Crippen LogP contribution in [-0.4, -0.2) is 33.2 Å². The lowest BCUT2D eigenvalue weighted by molar-refractivity contribution is 0.431. The van der Waals surface area contributed by atoms with Gasteiger partial charge in [0, 0.05) is 24.4 Å². The highest BCUT2D eigenvalue weighted by Gasteiger charge is 2.21. The minimum Gasteiger partial charge on any atom is -0.424 e. The van der Waals surface area contributed by atoms with E-state index in [4.69, 9.17) is 4.74 Å². The molecule has 0 amide bonds. The van der Waals surface area contributed by atoms with Crippen LogP contribution in [0.5, 0.6) is 11.8 Å². The number of aromatic nitrogens is 4. The zero-order valence-corrected chi connectivity index (χ0v) is 20.2. The molecule has 0 unspecified atom stereocenters. The smallest absolute Gasteiger partial charge is 0.325 e. The third kappa shape index (κ3) is 5.04. The number of sulfone groups is 1. The molecule has 0 saturated heterocycles. The molecule has 0 fully saturated rings. The summed E-state index contributed by atoms with van der Waals surface area (Å²) in [7, 11) is -1.81. The van der Waals surface area contributed by atoms with E-state index >= 15 is 0 Å². The number of pyridine rings is 1. The van der Waals surface area contributed by atoms with Gasteiger partial charge in [-0.05, 0) is 58.7 Å².